The summed E-state index contributed by atoms with van der Waals surface area (Å²) in [5.41, 5.74) is 0.289. The number of carbonyl (C=O) groups is 1. The zero-order valence-corrected chi connectivity index (χ0v) is 12.9. The van der Waals surface area contributed by atoms with Gasteiger partial charge < -0.3 is 5.11 Å². The van der Waals surface area contributed by atoms with Crippen molar-refractivity contribution in [2.45, 2.75) is 11.8 Å². The van der Waals surface area contributed by atoms with E-state index in [9.17, 15) is 17.6 Å². The van der Waals surface area contributed by atoms with Crippen LogP contribution in [0.5, 0.6) is 0 Å². The number of sulfonamides is 1. The highest BCUT2D eigenvalue weighted by Crippen LogP contribution is 2.27. The minimum atomic E-state index is -4.15. The fourth-order valence-corrected chi connectivity index (χ4v) is 3.50. The molecule has 0 saturated heterocycles. The summed E-state index contributed by atoms with van der Waals surface area (Å²) in [4.78, 5) is 10.6. The van der Waals surface area contributed by atoms with E-state index in [0.717, 1.165) is 18.2 Å². The van der Waals surface area contributed by atoms with Crippen LogP contribution in [0.1, 0.15) is 15.9 Å². The molecule has 0 amide bonds. The second kappa shape index (κ2) is 5.94. The lowest BCUT2D eigenvalue weighted by atomic mass is 10.1. The number of rotatable bonds is 4. The fourth-order valence-electron chi connectivity index (χ4n) is 1.86. The summed E-state index contributed by atoms with van der Waals surface area (Å²) in [5.74, 6) is -1.93. The maximum absolute atomic E-state index is 13.2. The first kappa shape index (κ1) is 16.3. The van der Waals surface area contributed by atoms with Gasteiger partial charge in [-0.05, 0) is 42.8 Å². The Balaban J connectivity index is 2.48. The van der Waals surface area contributed by atoms with Crippen LogP contribution in [-0.4, -0.2) is 19.5 Å². The number of aromatic carboxylic acids is 1. The molecule has 2 aromatic rings. The summed E-state index contributed by atoms with van der Waals surface area (Å²) in [5, 5.41) is 8.90. The molecular formula is C14H11ClFNO4S. The number of benzene rings is 2. The van der Waals surface area contributed by atoms with E-state index in [1.807, 2.05) is 0 Å². The molecule has 0 unspecified atom stereocenters. The molecule has 0 aliphatic heterocycles. The van der Waals surface area contributed by atoms with Crippen LogP contribution in [0.3, 0.4) is 0 Å². The maximum Gasteiger partial charge on any atom is 0.336 e. The molecule has 22 heavy (non-hydrogen) atoms. The Hall–Kier alpha value is -2.12. The van der Waals surface area contributed by atoms with Crippen molar-refractivity contribution >= 4 is 33.3 Å². The summed E-state index contributed by atoms with van der Waals surface area (Å²) in [6.45, 7) is 1.47. The molecule has 0 fully saturated rings. The Bertz CT molecular complexity index is 852. The number of carboxylic acid groups (broad SMARTS) is 1. The van der Waals surface area contributed by atoms with Crippen LogP contribution in [0.15, 0.2) is 41.3 Å². The third-order valence-corrected chi connectivity index (χ3v) is 4.84. The second-order valence-corrected chi connectivity index (χ2v) is 6.52. The minimum Gasteiger partial charge on any atom is -0.478 e. The maximum atomic E-state index is 13.2. The van der Waals surface area contributed by atoms with Crippen molar-refractivity contribution in [1.82, 2.24) is 0 Å². The number of halogens is 2. The van der Waals surface area contributed by atoms with Gasteiger partial charge in [0.2, 0.25) is 0 Å². The molecule has 2 N–H and O–H groups in total. The predicted octanol–water partition coefficient (Wildman–Crippen LogP) is 3.29. The monoisotopic (exact) mass is 343 g/mol. The van der Waals surface area contributed by atoms with Gasteiger partial charge in [-0.3, -0.25) is 4.72 Å². The lowest BCUT2D eigenvalue weighted by Gasteiger charge is -2.13. The van der Waals surface area contributed by atoms with Gasteiger partial charge >= 0.3 is 5.97 Å². The first-order valence-electron chi connectivity index (χ1n) is 6.03. The van der Waals surface area contributed by atoms with E-state index in [0.29, 0.717) is 0 Å². The lowest BCUT2D eigenvalue weighted by Crippen LogP contribution is -2.15. The minimum absolute atomic E-state index is 0.0365. The van der Waals surface area contributed by atoms with Gasteiger partial charge in [-0.25, -0.2) is 17.6 Å². The Morgan fingerprint density at radius 2 is 1.95 bits per heavy atom. The topological polar surface area (TPSA) is 83.5 Å². The van der Waals surface area contributed by atoms with Gasteiger partial charge in [0, 0.05) is 0 Å². The molecule has 2 aromatic carbocycles. The molecule has 0 spiro atoms. The summed E-state index contributed by atoms with van der Waals surface area (Å²) in [7, 11) is -4.15. The molecule has 0 aliphatic carbocycles. The molecule has 0 radical (unpaired) electrons. The Kier molecular flexibility index (Phi) is 4.39. The van der Waals surface area contributed by atoms with Crippen LogP contribution in [0.25, 0.3) is 0 Å². The molecule has 0 aromatic heterocycles. The van der Waals surface area contributed by atoms with E-state index in [1.165, 1.54) is 25.1 Å². The zero-order chi connectivity index (χ0) is 16.5. The molecule has 0 bridgehead atoms. The number of anilines is 1. The van der Waals surface area contributed by atoms with Crippen LogP contribution < -0.4 is 4.72 Å². The van der Waals surface area contributed by atoms with Crippen LogP contribution in [0.4, 0.5) is 10.1 Å². The molecule has 116 valence electrons. The average molecular weight is 344 g/mol. The van der Waals surface area contributed by atoms with E-state index in [1.54, 1.807) is 0 Å². The third kappa shape index (κ3) is 3.20. The highest BCUT2D eigenvalue weighted by atomic mass is 35.5. The van der Waals surface area contributed by atoms with Crippen molar-refractivity contribution in [3.05, 3.63) is 58.4 Å². The van der Waals surface area contributed by atoms with Crippen molar-refractivity contribution in [1.29, 1.82) is 0 Å². The highest BCUT2D eigenvalue weighted by Gasteiger charge is 2.21. The van der Waals surface area contributed by atoms with E-state index < -0.39 is 26.7 Å². The van der Waals surface area contributed by atoms with Gasteiger partial charge in [-0.2, -0.15) is 0 Å². The predicted molar refractivity (Wildman–Crippen MR) is 80.4 cm³/mol. The van der Waals surface area contributed by atoms with Crippen LogP contribution >= 0.6 is 11.6 Å². The zero-order valence-electron chi connectivity index (χ0n) is 11.3. The summed E-state index contributed by atoms with van der Waals surface area (Å²) < 4.78 is 40.1. The van der Waals surface area contributed by atoms with Gasteiger partial charge in [0.15, 0.2) is 0 Å². The van der Waals surface area contributed by atoms with Crippen molar-refractivity contribution in [2.75, 3.05) is 4.72 Å². The van der Waals surface area contributed by atoms with Crippen LogP contribution in [0.2, 0.25) is 5.02 Å². The van der Waals surface area contributed by atoms with Gasteiger partial charge in [-0.1, -0.05) is 17.7 Å². The SMILES string of the molecule is Cc1c(NS(=O)(=O)c2cc(F)ccc2Cl)cccc1C(=O)O. The van der Waals surface area contributed by atoms with E-state index in [4.69, 9.17) is 16.7 Å². The van der Waals surface area contributed by atoms with E-state index in [-0.39, 0.29) is 21.8 Å². The van der Waals surface area contributed by atoms with E-state index >= 15 is 0 Å². The van der Waals surface area contributed by atoms with Crippen molar-refractivity contribution in [2.24, 2.45) is 0 Å². The number of nitrogens with one attached hydrogen (secondary N) is 1. The Morgan fingerprint density at radius 1 is 1.27 bits per heavy atom. The first-order valence-corrected chi connectivity index (χ1v) is 7.89. The van der Waals surface area contributed by atoms with Crippen molar-refractivity contribution in [3.63, 3.8) is 0 Å². The Labute approximate surface area is 131 Å². The third-order valence-electron chi connectivity index (χ3n) is 2.99. The number of carboxylic acids is 1. The molecule has 0 aliphatic rings. The van der Waals surface area contributed by atoms with Crippen LogP contribution in [0, 0.1) is 12.7 Å². The molecule has 5 nitrogen and oxygen atoms in total. The normalized spacial score (nSPS) is 11.2. The molecule has 0 heterocycles. The second-order valence-electron chi connectivity index (χ2n) is 4.46. The summed E-state index contributed by atoms with van der Waals surface area (Å²) >= 11 is 5.79. The molecule has 8 heteroatoms. The number of hydrogen-bond donors (Lipinski definition) is 2. The van der Waals surface area contributed by atoms with E-state index in [2.05, 4.69) is 4.72 Å². The standard InChI is InChI=1S/C14H11ClFNO4S/c1-8-10(14(18)19)3-2-4-12(8)17-22(20,21)13-7-9(16)5-6-11(13)15/h2-7,17H,1H3,(H,18,19). The van der Waals surface area contributed by atoms with Crippen molar-refractivity contribution < 1.29 is 22.7 Å². The van der Waals surface area contributed by atoms with Gasteiger partial charge in [0.05, 0.1) is 16.3 Å². The highest BCUT2D eigenvalue weighted by molar-refractivity contribution is 7.92. The quantitative estimate of drug-likeness (QED) is 0.892. The smallest absolute Gasteiger partial charge is 0.336 e. The van der Waals surface area contributed by atoms with Gasteiger partial charge in [0.25, 0.3) is 10.0 Å². The largest absolute Gasteiger partial charge is 0.478 e. The van der Waals surface area contributed by atoms with Gasteiger partial charge in [0.1, 0.15) is 10.7 Å². The molecule has 0 atom stereocenters. The van der Waals surface area contributed by atoms with Gasteiger partial charge in [-0.15, -0.1) is 0 Å². The Morgan fingerprint density at radius 3 is 2.59 bits per heavy atom. The fraction of sp³-hybridized carbons (Fsp3) is 0.0714. The average Bonchev–Trinajstić information content (AvgIpc) is 2.43. The molecule has 0 saturated carbocycles. The summed E-state index contributed by atoms with van der Waals surface area (Å²) in [6, 6.07) is 7.13. The summed E-state index contributed by atoms with van der Waals surface area (Å²) in [6.07, 6.45) is 0. The lowest BCUT2D eigenvalue weighted by molar-refractivity contribution is 0.0696. The van der Waals surface area contributed by atoms with Crippen molar-refractivity contribution in [3.8, 4) is 0 Å². The molecular weight excluding hydrogens is 333 g/mol. The molecule has 2 rings (SSSR count). The van der Waals surface area contributed by atoms with Crippen LogP contribution in [-0.2, 0) is 10.0 Å². The first-order chi connectivity index (χ1) is 10.2. The number of hydrogen-bond acceptors (Lipinski definition) is 3.